The summed E-state index contributed by atoms with van der Waals surface area (Å²) in [6, 6.07) is 7.87. The van der Waals surface area contributed by atoms with Crippen LogP contribution in [0.5, 0.6) is 11.5 Å². The van der Waals surface area contributed by atoms with Gasteiger partial charge in [-0.25, -0.2) is 0 Å². The zero-order chi connectivity index (χ0) is 26.7. The highest BCUT2D eigenvalue weighted by atomic mass is 79.9. The van der Waals surface area contributed by atoms with Crippen LogP contribution >= 0.6 is 31.9 Å². The van der Waals surface area contributed by atoms with Gasteiger partial charge in [-0.2, -0.15) is 0 Å². The minimum Gasteiger partial charge on any atom is -0.507 e. The summed E-state index contributed by atoms with van der Waals surface area (Å²) in [7, 11) is 0. The maximum absolute atomic E-state index is 10.8. The highest BCUT2D eigenvalue weighted by molar-refractivity contribution is 9.10. The van der Waals surface area contributed by atoms with E-state index in [4.69, 9.17) is 0 Å². The van der Waals surface area contributed by atoms with Crippen molar-refractivity contribution in [3.8, 4) is 11.5 Å². The topological polar surface area (TPSA) is 71.7 Å². The van der Waals surface area contributed by atoms with Crippen molar-refractivity contribution in [3.63, 3.8) is 0 Å². The molecule has 0 aromatic heterocycles. The van der Waals surface area contributed by atoms with Crippen LogP contribution in [0.2, 0.25) is 0 Å². The van der Waals surface area contributed by atoms with E-state index < -0.39 is 0 Å². The molecule has 2 aliphatic heterocycles. The van der Waals surface area contributed by atoms with Crippen molar-refractivity contribution in [2.75, 3.05) is 39.3 Å². The molecule has 0 atom stereocenters. The Morgan fingerprint density at radius 1 is 0.632 bits per heavy atom. The number of rotatable bonds is 11. The van der Waals surface area contributed by atoms with Crippen molar-refractivity contribution in [1.82, 2.24) is 9.80 Å². The Balaban J connectivity index is 1.23. The predicted octanol–water partition coefficient (Wildman–Crippen LogP) is 6.91. The summed E-state index contributed by atoms with van der Waals surface area (Å²) in [5, 5.41) is 21.6. The van der Waals surface area contributed by atoms with Gasteiger partial charge in [-0.1, -0.05) is 44.7 Å². The van der Waals surface area contributed by atoms with E-state index >= 15 is 0 Å². The van der Waals surface area contributed by atoms with Crippen molar-refractivity contribution in [3.05, 3.63) is 55.5 Å². The van der Waals surface area contributed by atoms with Crippen LogP contribution in [0.4, 0.5) is 0 Å². The Morgan fingerprint density at radius 3 is 1.42 bits per heavy atom. The number of benzene rings is 2. The molecule has 2 N–H and O–H groups in total. The summed E-state index contributed by atoms with van der Waals surface area (Å²) < 4.78 is 1.93. The fraction of sp³-hybridized carbons (Fsp3) is 0.533. The molecule has 2 aromatic carbocycles. The number of aliphatic imine (C=N–C) groups is 2. The standard InChI is InChI=1S/C30H40Br2N4O2/c31-27-15-23(29(37)25(17-27)21-35-11-5-1-6-12-35)19-33-9-3-4-10-34-20-24-16-28(32)18-26(30(24)38)22-36-13-7-2-8-14-36/h15-20,37-38H,1-14,21-22H2. The maximum Gasteiger partial charge on any atom is 0.128 e. The minimum atomic E-state index is 0.334. The molecular formula is C30H40Br2N4O2. The first-order chi connectivity index (χ1) is 18.5. The van der Waals surface area contributed by atoms with Crippen molar-refractivity contribution in [2.24, 2.45) is 9.98 Å². The van der Waals surface area contributed by atoms with Gasteiger partial charge < -0.3 is 10.2 Å². The number of hydrogen-bond donors (Lipinski definition) is 2. The molecule has 206 valence electrons. The van der Waals surface area contributed by atoms with Crippen LogP contribution in [-0.2, 0) is 13.1 Å². The van der Waals surface area contributed by atoms with Crippen LogP contribution in [0.15, 0.2) is 43.2 Å². The molecule has 2 aliphatic rings. The van der Waals surface area contributed by atoms with Crippen LogP contribution in [0.1, 0.15) is 73.6 Å². The highest BCUT2D eigenvalue weighted by Gasteiger charge is 2.16. The van der Waals surface area contributed by atoms with Gasteiger partial charge in [-0.05, 0) is 89.0 Å². The average Bonchev–Trinajstić information content (AvgIpc) is 2.91. The number of piperidine rings is 2. The molecule has 0 spiro atoms. The number of likely N-dealkylation sites (tertiary alicyclic amines) is 2. The largest absolute Gasteiger partial charge is 0.507 e. The summed E-state index contributed by atoms with van der Waals surface area (Å²) >= 11 is 7.18. The predicted molar refractivity (Wildman–Crippen MR) is 164 cm³/mol. The van der Waals surface area contributed by atoms with Gasteiger partial charge >= 0.3 is 0 Å². The van der Waals surface area contributed by atoms with Crippen molar-refractivity contribution in [1.29, 1.82) is 0 Å². The van der Waals surface area contributed by atoms with Crippen LogP contribution in [0.3, 0.4) is 0 Å². The summed E-state index contributed by atoms with van der Waals surface area (Å²) in [6.07, 6.45) is 12.9. The Labute approximate surface area is 244 Å². The minimum absolute atomic E-state index is 0.334. The number of aromatic hydroxyl groups is 2. The number of phenols is 2. The Hall–Kier alpha value is -1.74. The monoisotopic (exact) mass is 646 g/mol. The molecule has 0 radical (unpaired) electrons. The fourth-order valence-corrected chi connectivity index (χ4v) is 6.29. The van der Waals surface area contributed by atoms with Gasteiger partial charge in [0.2, 0.25) is 0 Å². The lowest BCUT2D eigenvalue weighted by Gasteiger charge is -2.27. The molecular weight excluding hydrogens is 608 g/mol. The van der Waals surface area contributed by atoms with Gasteiger partial charge in [0, 0.05) is 69.8 Å². The Morgan fingerprint density at radius 2 is 1.03 bits per heavy atom. The lowest BCUT2D eigenvalue weighted by molar-refractivity contribution is 0.218. The van der Waals surface area contributed by atoms with Crippen molar-refractivity contribution >= 4 is 44.3 Å². The zero-order valence-electron chi connectivity index (χ0n) is 22.2. The van der Waals surface area contributed by atoms with E-state index in [1.807, 2.05) is 24.3 Å². The zero-order valence-corrected chi connectivity index (χ0v) is 25.4. The lowest BCUT2D eigenvalue weighted by atomic mass is 10.1. The second-order valence-corrected chi connectivity index (χ2v) is 12.3. The molecule has 0 saturated carbocycles. The average molecular weight is 648 g/mol. The normalized spacial score (nSPS) is 17.6. The number of nitrogens with zero attached hydrogens (tertiary/aromatic N) is 4. The van der Waals surface area contributed by atoms with E-state index in [0.29, 0.717) is 24.6 Å². The maximum atomic E-state index is 10.8. The summed E-state index contributed by atoms with van der Waals surface area (Å²) in [4.78, 5) is 13.9. The SMILES string of the molecule is Oc1c(C=NCCCCN=Cc2cc(Br)cc(CN3CCCCC3)c2O)cc(Br)cc1CN1CCCCC1. The first-order valence-electron chi connectivity index (χ1n) is 14.0. The van der Waals surface area contributed by atoms with Gasteiger partial charge in [0.15, 0.2) is 0 Å². The molecule has 2 fully saturated rings. The number of unbranched alkanes of at least 4 members (excludes halogenated alkanes) is 1. The van der Waals surface area contributed by atoms with E-state index in [1.165, 1.54) is 38.5 Å². The van der Waals surface area contributed by atoms with Crippen LogP contribution in [-0.4, -0.2) is 71.7 Å². The van der Waals surface area contributed by atoms with Gasteiger partial charge in [0.05, 0.1) is 0 Å². The van der Waals surface area contributed by atoms with E-state index in [-0.39, 0.29) is 0 Å². The van der Waals surface area contributed by atoms with Gasteiger partial charge in [-0.15, -0.1) is 0 Å². The quantitative estimate of drug-likeness (QED) is 0.205. The molecule has 0 amide bonds. The molecule has 0 aliphatic carbocycles. The molecule has 0 bridgehead atoms. The molecule has 6 nitrogen and oxygen atoms in total. The fourth-order valence-electron chi connectivity index (χ4n) is 5.24. The molecule has 4 rings (SSSR count). The second kappa shape index (κ2) is 15.2. The van der Waals surface area contributed by atoms with Crippen LogP contribution < -0.4 is 0 Å². The highest BCUT2D eigenvalue weighted by Crippen LogP contribution is 2.29. The molecule has 38 heavy (non-hydrogen) atoms. The number of halogens is 2. The van der Waals surface area contributed by atoms with Crippen LogP contribution in [0, 0.1) is 0 Å². The number of phenolic OH excluding ortho intramolecular Hbond substituents is 2. The van der Waals surface area contributed by atoms with Gasteiger partial charge in [0.1, 0.15) is 11.5 Å². The van der Waals surface area contributed by atoms with E-state index in [9.17, 15) is 10.2 Å². The molecule has 2 saturated heterocycles. The van der Waals surface area contributed by atoms with E-state index in [1.54, 1.807) is 12.4 Å². The van der Waals surface area contributed by atoms with E-state index in [2.05, 4.69) is 51.6 Å². The van der Waals surface area contributed by atoms with Gasteiger partial charge in [-0.3, -0.25) is 19.8 Å². The summed E-state index contributed by atoms with van der Waals surface area (Å²) in [5.41, 5.74) is 3.42. The Kier molecular flexibility index (Phi) is 11.7. The summed E-state index contributed by atoms with van der Waals surface area (Å²) in [6.45, 7) is 7.31. The van der Waals surface area contributed by atoms with Crippen molar-refractivity contribution < 1.29 is 10.2 Å². The third kappa shape index (κ3) is 8.90. The van der Waals surface area contributed by atoms with Crippen molar-refractivity contribution in [2.45, 2.75) is 64.5 Å². The second-order valence-electron chi connectivity index (χ2n) is 10.5. The molecule has 2 heterocycles. The first-order valence-corrected chi connectivity index (χ1v) is 15.6. The molecule has 2 aromatic rings. The van der Waals surface area contributed by atoms with Gasteiger partial charge in [0.25, 0.3) is 0 Å². The van der Waals surface area contributed by atoms with E-state index in [0.717, 1.165) is 83.3 Å². The molecule has 8 heteroatoms. The summed E-state index contributed by atoms with van der Waals surface area (Å²) in [5.74, 6) is 0.668. The first kappa shape index (κ1) is 29.2. The smallest absolute Gasteiger partial charge is 0.128 e. The number of hydrogen-bond acceptors (Lipinski definition) is 6. The van der Waals surface area contributed by atoms with Crippen LogP contribution in [0.25, 0.3) is 0 Å². The third-order valence-corrected chi connectivity index (χ3v) is 8.25. The lowest BCUT2D eigenvalue weighted by Crippen LogP contribution is -2.29. The Bertz CT molecular complexity index is 1020. The third-order valence-electron chi connectivity index (χ3n) is 7.34. The molecule has 0 unspecified atom stereocenters.